The highest BCUT2D eigenvalue weighted by atomic mass is 79.9. The molecule has 2 aromatic carbocycles. The summed E-state index contributed by atoms with van der Waals surface area (Å²) in [4.78, 5) is 11.5. The fraction of sp³-hybridized carbons (Fsp3) is 0.333. The standard InChI is InChI=1S/C33H36BrN3O5/c1-6-40-28-19-23(20-29(36-28)41-7-2)30(25-18-22-17-24(34)11-12-27(22)35-32(25)39-5)33(38,14-15-37(3)4)26-10-8-9-21-13-16-42-31(21)26/h8-13,16-20,30,38H,6-7,14-15H2,1-5H3. The minimum atomic E-state index is -1.48. The number of nitrogens with zero attached hydrogens (tertiary/aromatic N) is 3. The SMILES string of the molecule is CCOc1cc(C(c2cc3cc(Br)ccc3nc2OC)C(O)(CCN(C)C)c2cccc3ccoc23)cc(OCC)n1. The quantitative estimate of drug-likeness (QED) is 0.158. The first-order chi connectivity index (χ1) is 20.3. The van der Waals surface area contributed by atoms with Gasteiger partial charge in [0, 0.05) is 51.0 Å². The molecule has 0 spiro atoms. The van der Waals surface area contributed by atoms with Crippen molar-refractivity contribution in [2.45, 2.75) is 31.8 Å². The van der Waals surface area contributed by atoms with Gasteiger partial charge in [0.2, 0.25) is 17.6 Å². The third-order valence-electron chi connectivity index (χ3n) is 7.36. The number of pyridine rings is 2. The van der Waals surface area contributed by atoms with Crippen LogP contribution in [0.4, 0.5) is 0 Å². The molecule has 0 radical (unpaired) electrons. The van der Waals surface area contributed by atoms with E-state index in [2.05, 4.69) is 25.8 Å². The number of para-hydroxylation sites is 1. The van der Waals surface area contributed by atoms with Crippen molar-refractivity contribution in [3.05, 3.63) is 88.1 Å². The zero-order chi connectivity index (χ0) is 29.9. The average molecular weight is 635 g/mol. The van der Waals surface area contributed by atoms with E-state index in [0.717, 1.165) is 26.3 Å². The van der Waals surface area contributed by atoms with Crippen molar-refractivity contribution in [3.63, 3.8) is 0 Å². The second-order valence-corrected chi connectivity index (χ2v) is 11.3. The minimum absolute atomic E-state index is 0.375. The normalized spacial score (nSPS) is 13.8. The smallest absolute Gasteiger partial charge is 0.217 e. The number of furan rings is 1. The molecule has 8 nitrogen and oxygen atoms in total. The Morgan fingerprint density at radius 1 is 0.952 bits per heavy atom. The topological polar surface area (TPSA) is 90.1 Å². The Morgan fingerprint density at radius 2 is 1.69 bits per heavy atom. The maximum absolute atomic E-state index is 13.2. The van der Waals surface area contributed by atoms with E-state index in [1.807, 2.05) is 88.6 Å². The highest BCUT2D eigenvalue weighted by Gasteiger charge is 2.44. The van der Waals surface area contributed by atoms with Crippen molar-refractivity contribution in [3.8, 4) is 17.6 Å². The van der Waals surface area contributed by atoms with Gasteiger partial charge in [0.25, 0.3) is 0 Å². The number of ether oxygens (including phenoxy) is 3. The summed E-state index contributed by atoms with van der Waals surface area (Å²) >= 11 is 3.60. The fourth-order valence-corrected chi connectivity index (χ4v) is 5.88. The number of rotatable bonds is 12. The van der Waals surface area contributed by atoms with Crippen LogP contribution in [0.3, 0.4) is 0 Å². The number of halogens is 1. The monoisotopic (exact) mass is 633 g/mol. The van der Waals surface area contributed by atoms with Gasteiger partial charge in [0.1, 0.15) is 11.2 Å². The molecule has 0 aliphatic rings. The van der Waals surface area contributed by atoms with Crippen molar-refractivity contribution < 1.29 is 23.7 Å². The molecule has 0 fully saturated rings. The van der Waals surface area contributed by atoms with Gasteiger partial charge in [0.15, 0.2) is 0 Å². The molecule has 1 N–H and O–H groups in total. The second kappa shape index (κ2) is 12.7. The third-order valence-corrected chi connectivity index (χ3v) is 7.85. The lowest BCUT2D eigenvalue weighted by Crippen LogP contribution is -2.38. The lowest BCUT2D eigenvalue weighted by Gasteiger charge is -2.39. The Hall–Kier alpha value is -3.66. The van der Waals surface area contributed by atoms with Crippen LogP contribution >= 0.6 is 15.9 Å². The molecule has 0 saturated heterocycles. The summed E-state index contributed by atoms with van der Waals surface area (Å²) in [6.45, 7) is 5.27. The van der Waals surface area contributed by atoms with Gasteiger partial charge in [-0.25, -0.2) is 4.98 Å². The molecule has 5 rings (SSSR count). The van der Waals surface area contributed by atoms with Crippen LogP contribution in [0.25, 0.3) is 21.9 Å². The Kier molecular flexibility index (Phi) is 9.01. The number of hydrogen-bond acceptors (Lipinski definition) is 8. The number of benzene rings is 2. The van der Waals surface area contributed by atoms with E-state index < -0.39 is 11.5 Å². The summed E-state index contributed by atoms with van der Waals surface area (Å²) < 4.78 is 24.6. The number of aromatic nitrogens is 2. The Labute approximate surface area is 254 Å². The van der Waals surface area contributed by atoms with Crippen LogP contribution in [0.2, 0.25) is 0 Å². The number of methoxy groups -OCH3 is 1. The average Bonchev–Trinajstić information content (AvgIpc) is 3.45. The molecular formula is C33H36BrN3O5. The molecule has 3 aromatic heterocycles. The largest absolute Gasteiger partial charge is 0.481 e. The number of hydrogen-bond donors (Lipinski definition) is 1. The van der Waals surface area contributed by atoms with Crippen LogP contribution in [-0.2, 0) is 5.60 Å². The Bertz CT molecular complexity index is 1660. The van der Waals surface area contributed by atoms with Gasteiger partial charge in [-0.05, 0) is 70.3 Å². The van der Waals surface area contributed by atoms with Crippen molar-refractivity contribution in [1.82, 2.24) is 14.9 Å². The summed E-state index contributed by atoms with van der Waals surface area (Å²) in [7, 11) is 5.58. The van der Waals surface area contributed by atoms with Gasteiger partial charge in [-0.1, -0.05) is 34.1 Å². The van der Waals surface area contributed by atoms with Gasteiger partial charge in [-0.3, -0.25) is 0 Å². The van der Waals surface area contributed by atoms with Crippen LogP contribution in [0.1, 0.15) is 42.9 Å². The molecule has 0 amide bonds. The van der Waals surface area contributed by atoms with E-state index in [-0.39, 0.29) is 0 Å². The molecule has 2 atom stereocenters. The van der Waals surface area contributed by atoms with Gasteiger partial charge in [0.05, 0.1) is 32.1 Å². The predicted octanol–water partition coefficient (Wildman–Crippen LogP) is 6.92. The zero-order valence-electron chi connectivity index (χ0n) is 24.6. The first-order valence-electron chi connectivity index (χ1n) is 14.0. The van der Waals surface area contributed by atoms with Crippen molar-refractivity contribution in [2.75, 3.05) is 41.0 Å². The molecule has 9 heteroatoms. The first-order valence-corrected chi connectivity index (χ1v) is 14.8. The molecule has 0 saturated carbocycles. The summed E-state index contributed by atoms with van der Waals surface area (Å²) in [6, 6.07) is 19.4. The van der Waals surface area contributed by atoms with E-state index in [9.17, 15) is 5.11 Å². The fourth-order valence-electron chi connectivity index (χ4n) is 5.50. The highest BCUT2D eigenvalue weighted by molar-refractivity contribution is 9.10. The predicted molar refractivity (Wildman–Crippen MR) is 168 cm³/mol. The molecule has 220 valence electrons. The molecule has 2 unspecified atom stereocenters. The zero-order valence-corrected chi connectivity index (χ0v) is 26.1. The van der Waals surface area contributed by atoms with Gasteiger partial charge >= 0.3 is 0 Å². The van der Waals surface area contributed by atoms with Gasteiger partial charge in [-0.2, -0.15) is 4.98 Å². The van der Waals surface area contributed by atoms with E-state index in [1.165, 1.54) is 0 Å². The Morgan fingerprint density at radius 3 is 2.36 bits per heavy atom. The van der Waals surface area contributed by atoms with E-state index in [0.29, 0.717) is 60.5 Å². The van der Waals surface area contributed by atoms with E-state index in [1.54, 1.807) is 13.4 Å². The molecule has 0 bridgehead atoms. The summed E-state index contributed by atoms with van der Waals surface area (Å²) in [5.74, 6) is 0.549. The van der Waals surface area contributed by atoms with Crippen LogP contribution < -0.4 is 14.2 Å². The molecule has 5 aromatic rings. The number of fused-ring (bicyclic) bond motifs is 2. The van der Waals surface area contributed by atoms with Gasteiger partial charge < -0.3 is 28.6 Å². The first kappa shape index (κ1) is 29.8. The van der Waals surface area contributed by atoms with Crippen molar-refractivity contribution in [2.24, 2.45) is 0 Å². The maximum Gasteiger partial charge on any atom is 0.217 e. The van der Waals surface area contributed by atoms with E-state index in [4.69, 9.17) is 23.6 Å². The maximum atomic E-state index is 13.2. The minimum Gasteiger partial charge on any atom is -0.481 e. The second-order valence-electron chi connectivity index (χ2n) is 10.4. The summed E-state index contributed by atoms with van der Waals surface area (Å²) in [5, 5.41) is 15.0. The highest BCUT2D eigenvalue weighted by Crippen LogP contribution is 2.50. The van der Waals surface area contributed by atoms with Crippen LogP contribution in [0.5, 0.6) is 17.6 Å². The summed E-state index contributed by atoms with van der Waals surface area (Å²) in [5.41, 5.74) is 2.05. The van der Waals surface area contributed by atoms with Crippen LogP contribution in [0.15, 0.2) is 75.8 Å². The molecule has 0 aliphatic heterocycles. The summed E-state index contributed by atoms with van der Waals surface area (Å²) in [6.07, 6.45) is 2.03. The van der Waals surface area contributed by atoms with Crippen molar-refractivity contribution in [1.29, 1.82) is 0 Å². The third kappa shape index (κ3) is 5.95. The number of aliphatic hydroxyl groups is 1. The van der Waals surface area contributed by atoms with E-state index >= 15 is 0 Å². The molecular weight excluding hydrogens is 598 g/mol. The van der Waals surface area contributed by atoms with Crippen molar-refractivity contribution >= 4 is 37.8 Å². The van der Waals surface area contributed by atoms with Crippen LogP contribution in [-0.4, -0.2) is 60.9 Å². The lowest BCUT2D eigenvalue weighted by molar-refractivity contribution is 0.00428. The molecule has 42 heavy (non-hydrogen) atoms. The molecule has 3 heterocycles. The Balaban J connectivity index is 1.87. The molecule has 0 aliphatic carbocycles. The van der Waals surface area contributed by atoms with Gasteiger partial charge in [-0.15, -0.1) is 0 Å². The van der Waals surface area contributed by atoms with Crippen LogP contribution in [0, 0.1) is 0 Å². The lowest BCUT2D eigenvalue weighted by atomic mass is 9.71.